The van der Waals surface area contributed by atoms with Gasteiger partial charge in [-0.05, 0) is 51.3 Å². The van der Waals surface area contributed by atoms with Gasteiger partial charge in [0.2, 0.25) is 11.8 Å². The van der Waals surface area contributed by atoms with Crippen molar-refractivity contribution in [2.24, 2.45) is 5.73 Å². The molecule has 1 aromatic carbocycles. The number of rotatable bonds is 4. The summed E-state index contributed by atoms with van der Waals surface area (Å²) in [4.78, 5) is 21.1. The summed E-state index contributed by atoms with van der Waals surface area (Å²) >= 11 is 0. The molecule has 0 saturated carbocycles. The summed E-state index contributed by atoms with van der Waals surface area (Å²) in [6.45, 7) is 5.14. The van der Waals surface area contributed by atoms with Crippen LogP contribution in [0.2, 0.25) is 0 Å². The Hall–Kier alpha value is -1.92. The fourth-order valence-corrected chi connectivity index (χ4v) is 4.36. The zero-order valence-corrected chi connectivity index (χ0v) is 14.7. The molecule has 25 heavy (non-hydrogen) atoms. The van der Waals surface area contributed by atoms with Gasteiger partial charge in [0.05, 0.1) is 12.1 Å². The number of para-hydroxylation sites is 2. The molecular weight excluding hydrogens is 316 g/mol. The lowest BCUT2D eigenvalue weighted by molar-refractivity contribution is -0.123. The van der Waals surface area contributed by atoms with E-state index < -0.39 is 0 Å². The second-order valence-electron chi connectivity index (χ2n) is 7.26. The second-order valence-corrected chi connectivity index (χ2v) is 7.26. The van der Waals surface area contributed by atoms with Crippen LogP contribution in [-0.2, 0) is 4.79 Å². The van der Waals surface area contributed by atoms with Crippen LogP contribution in [0.5, 0.6) is 0 Å². The molecule has 6 nitrogen and oxygen atoms in total. The average molecular weight is 342 g/mol. The Morgan fingerprint density at radius 1 is 1.24 bits per heavy atom. The lowest BCUT2D eigenvalue weighted by atomic mass is 10.0. The van der Waals surface area contributed by atoms with Crippen molar-refractivity contribution in [2.45, 2.75) is 50.7 Å². The van der Waals surface area contributed by atoms with Crippen LogP contribution < -0.4 is 5.73 Å². The monoisotopic (exact) mass is 342 g/mol. The maximum atomic E-state index is 11.6. The number of carbonyl (C=O) groups is 1. The minimum absolute atomic E-state index is 0.0639. The molecule has 1 aromatic heterocycles. The second kappa shape index (κ2) is 6.77. The summed E-state index contributed by atoms with van der Waals surface area (Å²) in [7, 11) is 0. The normalized spacial score (nSPS) is 24.8. The Bertz CT molecular complexity index is 718. The minimum Gasteiger partial charge on any atom is -0.439 e. The number of primary amides is 1. The summed E-state index contributed by atoms with van der Waals surface area (Å²) in [5.74, 6) is 0.621. The SMILES string of the molecule is C[C@H](c1nc2ccccc2o1)N1CCC(N2CCC[C@H]2C(N)=O)CC1. The lowest BCUT2D eigenvalue weighted by Gasteiger charge is -2.40. The fraction of sp³-hybridized carbons (Fsp3) is 0.579. The first-order chi connectivity index (χ1) is 12.1. The van der Waals surface area contributed by atoms with Gasteiger partial charge in [-0.15, -0.1) is 0 Å². The standard InChI is InChI=1S/C19H26N4O2/c1-13(19-21-15-5-2-3-7-17(15)25-19)22-11-8-14(9-12-22)23-10-4-6-16(23)18(20)24/h2-3,5,7,13-14,16H,4,6,8-12H2,1H3,(H2,20,24)/t13-,16+/m1/s1. The maximum absolute atomic E-state index is 11.6. The predicted octanol–water partition coefficient (Wildman–Crippen LogP) is 2.30. The molecule has 0 spiro atoms. The quantitative estimate of drug-likeness (QED) is 0.923. The maximum Gasteiger partial charge on any atom is 0.234 e. The first-order valence-electron chi connectivity index (χ1n) is 9.28. The van der Waals surface area contributed by atoms with E-state index in [-0.39, 0.29) is 18.0 Å². The summed E-state index contributed by atoms with van der Waals surface area (Å²) in [5, 5.41) is 0. The Labute approximate surface area is 148 Å². The first-order valence-corrected chi connectivity index (χ1v) is 9.28. The number of aromatic nitrogens is 1. The Kier molecular flexibility index (Phi) is 4.48. The molecule has 2 aromatic rings. The van der Waals surface area contributed by atoms with Crippen molar-refractivity contribution in [1.82, 2.24) is 14.8 Å². The molecule has 2 aliphatic heterocycles. The highest BCUT2D eigenvalue weighted by Gasteiger charge is 2.36. The number of carbonyl (C=O) groups excluding carboxylic acids is 1. The van der Waals surface area contributed by atoms with E-state index in [0.29, 0.717) is 6.04 Å². The van der Waals surface area contributed by atoms with Crippen molar-refractivity contribution in [1.29, 1.82) is 0 Å². The topological polar surface area (TPSA) is 75.6 Å². The zero-order valence-electron chi connectivity index (χ0n) is 14.7. The number of likely N-dealkylation sites (tertiary alicyclic amines) is 2. The van der Waals surface area contributed by atoms with Gasteiger partial charge in [-0.1, -0.05) is 12.1 Å². The molecule has 2 aliphatic rings. The van der Waals surface area contributed by atoms with Crippen LogP contribution in [-0.4, -0.2) is 52.4 Å². The number of nitrogens with zero attached hydrogens (tertiary/aromatic N) is 3. The largest absolute Gasteiger partial charge is 0.439 e. The highest BCUT2D eigenvalue weighted by molar-refractivity contribution is 5.80. The highest BCUT2D eigenvalue weighted by atomic mass is 16.3. The summed E-state index contributed by atoms with van der Waals surface area (Å²) in [6.07, 6.45) is 4.12. The first kappa shape index (κ1) is 16.5. The summed E-state index contributed by atoms with van der Waals surface area (Å²) < 4.78 is 5.93. The van der Waals surface area contributed by atoms with Crippen LogP contribution in [0.15, 0.2) is 28.7 Å². The van der Waals surface area contributed by atoms with Gasteiger partial charge in [-0.3, -0.25) is 14.6 Å². The Balaban J connectivity index is 1.40. The molecule has 0 aliphatic carbocycles. The van der Waals surface area contributed by atoms with Crippen LogP contribution in [0.25, 0.3) is 11.1 Å². The highest BCUT2D eigenvalue weighted by Crippen LogP contribution is 2.30. The fourth-order valence-electron chi connectivity index (χ4n) is 4.36. The summed E-state index contributed by atoms with van der Waals surface area (Å²) in [6, 6.07) is 8.46. The van der Waals surface area contributed by atoms with Crippen LogP contribution in [0.3, 0.4) is 0 Å². The van der Waals surface area contributed by atoms with E-state index in [4.69, 9.17) is 10.2 Å². The molecule has 0 bridgehead atoms. The van der Waals surface area contributed by atoms with Crippen molar-refractivity contribution in [2.75, 3.05) is 19.6 Å². The van der Waals surface area contributed by atoms with Crippen LogP contribution in [0.1, 0.15) is 44.5 Å². The van der Waals surface area contributed by atoms with E-state index in [1.807, 2.05) is 24.3 Å². The van der Waals surface area contributed by atoms with Gasteiger partial charge < -0.3 is 10.2 Å². The molecule has 1 amide bonds. The molecule has 0 radical (unpaired) electrons. The van der Waals surface area contributed by atoms with E-state index in [2.05, 4.69) is 21.7 Å². The number of benzene rings is 1. The number of piperidine rings is 1. The smallest absolute Gasteiger partial charge is 0.234 e. The van der Waals surface area contributed by atoms with Gasteiger partial charge >= 0.3 is 0 Å². The Morgan fingerprint density at radius 2 is 2.00 bits per heavy atom. The summed E-state index contributed by atoms with van der Waals surface area (Å²) in [5.41, 5.74) is 7.34. The predicted molar refractivity (Wildman–Crippen MR) is 95.9 cm³/mol. The molecule has 2 N–H and O–H groups in total. The van der Waals surface area contributed by atoms with E-state index >= 15 is 0 Å². The molecular formula is C19H26N4O2. The molecule has 2 saturated heterocycles. The van der Waals surface area contributed by atoms with Gasteiger partial charge in [0.15, 0.2) is 5.58 Å². The molecule has 0 unspecified atom stereocenters. The molecule has 2 fully saturated rings. The van der Waals surface area contributed by atoms with E-state index in [0.717, 1.165) is 62.3 Å². The zero-order chi connectivity index (χ0) is 17.4. The van der Waals surface area contributed by atoms with Crippen molar-refractivity contribution >= 4 is 17.0 Å². The van der Waals surface area contributed by atoms with E-state index in [9.17, 15) is 4.79 Å². The van der Waals surface area contributed by atoms with Crippen LogP contribution in [0.4, 0.5) is 0 Å². The molecule has 2 atom stereocenters. The van der Waals surface area contributed by atoms with E-state index in [1.165, 1.54) is 0 Å². The number of nitrogens with two attached hydrogens (primary N) is 1. The van der Waals surface area contributed by atoms with Crippen molar-refractivity contribution in [3.05, 3.63) is 30.2 Å². The minimum atomic E-state index is -0.167. The number of oxazole rings is 1. The van der Waals surface area contributed by atoms with Crippen molar-refractivity contribution in [3.63, 3.8) is 0 Å². The van der Waals surface area contributed by atoms with Gasteiger partial charge in [-0.2, -0.15) is 0 Å². The van der Waals surface area contributed by atoms with Crippen molar-refractivity contribution in [3.8, 4) is 0 Å². The molecule has 134 valence electrons. The van der Waals surface area contributed by atoms with Crippen molar-refractivity contribution < 1.29 is 9.21 Å². The third kappa shape index (κ3) is 3.16. The lowest BCUT2D eigenvalue weighted by Crippen LogP contribution is -2.50. The third-order valence-corrected chi connectivity index (χ3v) is 5.81. The van der Waals surface area contributed by atoms with E-state index in [1.54, 1.807) is 0 Å². The van der Waals surface area contributed by atoms with Gasteiger partial charge in [0.25, 0.3) is 0 Å². The Morgan fingerprint density at radius 3 is 2.72 bits per heavy atom. The number of hydrogen-bond donors (Lipinski definition) is 1. The molecule has 6 heteroatoms. The molecule has 4 rings (SSSR count). The average Bonchev–Trinajstić information content (AvgIpc) is 3.28. The van der Waals surface area contributed by atoms with Gasteiger partial charge in [0, 0.05) is 19.1 Å². The molecule has 3 heterocycles. The van der Waals surface area contributed by atoms with Crippen LogP contribution in [0, 0.1) is 0 Å². The number of fused-ring (bicyclic) bond motifs is 1. The van der Waals surface area contributed by atoms with Gasteiger partial charge in [-0.25, -0.2) is 4.98 Å². The van der Waals surface area contributed by atoms with Crippen LogP contribution >= 0.6 is 0 Å². The third-order valence-electron chi connectivity index (χ3n) is 5.81. The number of hydrogen-bond acceptors (Lipinski definition) is 5. The number of amides is 1. The van der Waals surface area contributed by atoms with Gasteiger partial charge in [0.1, 0.15) is 5.52 Å².